The first-order valence-corrected chi connectivity index (χ1v) is 11.4. The van der Waals surface area contributed by atoms with Gasteiger partial charge in [-0.3, -0.25) is 0 Å². The van der Waals surface area contributed by atoms with E-state index in [4.69, 9.17) is 0 Å². The number of carbonyl (C=O) groups is 1. The van der Waals surface area contributed by atoms with E-state index < -0.39 is 28.3 Å². The van der Waals surface area contributed by atoms with Gasteiger partial charge in [0.2, 0.25) is 10.0 Å². The number of rotatable bonds is 11. The monoisotopic (exact) mass is 434 g/mol. The Bertz CT molecular complexity index is 888. The highest BCUT2D eigenvalue weighted by molar-refractivity contribution is 7.89. The van der Waals surface area contributed by atoms with Crippen LogP contribution >= 0.6 is 0 Å². The molecule has 2 aromatic carbocycles. The zero-order chi connectivity index (χ0) is 22.1. The predicted molar refractivity (Wildman–Crippen MR) is 116 cm³/mol. The van der Waals surface area contributed by atoms with Crippen LogP contribution in [0.25, 0.3) is 0 Å². The Morgan fingerprint density at radius 3 is 2.13 bits per heavy atom. The second-order valence-corrected chi connectivity index (χ2v) is 9.61. The molecule has 0 saturated heterocycles. The van der Waals surface area contributed by atoms with Gasteiger partial charge in [-0.05, 0) is 36.5 Å². The minimum Gasteiger partial charge on any atom is -0.465 e. The van der Waals surface area contributed by atoms with Crippen LogP contribution in [0.2, 0.25) is 0 Å². The molecular formula is C22H30N2O5S. The van der Waals surface area contributed by atoms with E-state index in [2.05, 4.69) is 5.32 Å². The van der Waals surface area contributed by atoms with Crippen molar-refractivity contribution < 1.29 is 23.4 Å². The first kappa shape index (κ1) is 23.9. The lowest BCUT2D eigenvalue weighted by molar-refractivity contribution is 0.0994. The van der Waals surface area contributed by atoms with Crippen LogP contribution in [0.4, 0.5) is 4.79 Å². The van der Waals surface area contributed by atoms with E-state index in [0.717, 1.165) is 5.56 Å². The van der Waals surface area contributed by atoms with E-state index in [-0.39, 0.29) is 30.3 Å². The highest BCUT2D eigenvalue weighted by Gasteiger charge is 2.30. The fraction of sp³-hybridized carbons (Fsp3) is 0.409. The number of amides is 1. The zero-order valence-electron chi connectivity index (χ0n) is 17.3. The minimum atomic E-state index is -3.83. The number of hydrogen-bond donors (Lipinski definition) is 3. The van der Waals surface area contributed by atoms with E-state index in [1.165, 1.54) is 16.4 Å². The van der Waals surface area contributed by atoms with Crippen molar-refractivity contribution in [2.24, 2.45) is 5.92 Å². The van der Waals surface area contributed by atoms with Gasteiger partial charge in [0.1, 0.15) is 0 Å². The van der Waals surface area contributed by atoms with Crippen molar-refractivity contribution in [3.63, 3.8) is 0 Å². The van der Waals surface area contributed by atoms with Crippen molar-refractivity contribution in [3.8, 4) is 0 Å². The fourth-order valence-electron chi connectivity index (χ4n) is 3.10. The van der Waals surface area contributed by atoms with E-state index in [1.54, 1.807) is 18.2 Å². The summed E-state index contributed by atoms with van der Waals surface area (Å²) in [5.74, 6) is 0.271. The van der Waals surface area contributed by atoms with Gasteiger partial charge in [0, 0.05) is 13.1 Å². The highest BCUT2D eigenvalue weighted by atomic mass is 32.2. The van der Waals surface area contributed by atoms with Crippen molar-refractivity contribution in [2.75, 3.05) is 13.1 Å². The molecule has 1 amide bonds. The van der Waals surface area contributed by atoms with Crippen LogP contribution in [-0.4, -0.2) is 54.3 Å². The Labute approximate surface area is 178 Å². The second-order valence-electron chi connectivity index (χ2n) is 7.67. The van der Waals surface area contributed by atoms with Crippen LogP contribution in [0.3, 0.4) is 0 Å². The summed E-state index contributed by atoms with van der Waals surface area (Å²) in [6.45, 7) is 4.01. The lowest BCUT2D eigenvalue weighted by Crippen LogP contribution is -2.50. The fourth-order valence-corrected chi connectivity index (χ4v) is 4.59. The molecule has 0 unspecified atom stereocenters. The Balaban J connectivity index is 2.25. The SMILES string of the molecule is CC(C)CCN(C[C@@H](O)[C@H](Cc1ccccc1)NC(=O)O)S(=O)(=O)c1ccccc1. The quantitative estimate of drug-likeness (QED) is 0.504. The van der Waals surface area contributed by atoms with Gasteiger partial charge in [0.05, 0.1) is 17.0 Å². The van der Waals surface area contributed by atoms with Gasteiger partial charge in [0.15, 0.2) is 0 Å². The lowest BCUT2D eigenvalue weighted by atomic mass is 10.0. The van der Waals surface area contributed by atoms with Crippen molar-refractivity contribution in [2.45, 2.75) is 43.7 Å². The molecule has 0 aliphatic heterocycles. The molecule has 0 bridgehead atoms. The summed E-state index contributed by atoms with van der Waals surface area (Å²) in [6.07, 6.45) is -1.62. The van der Waals surface area contributed by atoms with Gasteiger partial charge in [-0.2, -0.15) is 4.31 Å². The molecule has 0 aromatic heterocycles. The largest absolute Gasteiger partial charge is 0.465 e. The molecule has 164 valence electrons. The summed E-state index contributed by atoms with van der Waals surface area (Å²) in [7, 11) is -3.83. The first-order valence-electron chi connectivity index (χ1n) is 9.96. The summed E-state index contributed by atoms with van der Waals surface area (Å²) in [6, 6.07) is 16.4. The van der Waals surface area contributed by atoms with E-state index in [0.29, 0.717) is 6.42 Å². The van der Waals surface area contributed by atoms with E-state index >= 15 is 0 Å². The van der Waals surface area contributed by atoms with Crippen LogP contribution in [-0.2, 0) is 16.4 Å². The molecule has 0 radical (unpaired) electrons. The summed E-state index contributed by atoms with van der Waals surface area (Å²) >= 11 is 0. The molecule has 0 aliphatic rings. The normalized spacial score (nSPS) is 13.9. The Kier molecular flexibility index (Phi) is 8.83. The van der Waals surface area contributed by atoms with Crippen molar-refractivity contribution in [1.82, 2.24) is 9.62 Å². The van der Waals surface area contributed by atoms with E-state index in [9.17, 15) is 23.4 Å². The van der Waals surface area contributed by atoms with Crippen LogP contribution in [0.5, 0.6) is 0 Å². The predicted octanol–water partition coefficient (Wildman–Crippen LogP) is 2.96. The molecule has 0 saturated carbocycles. The molecule has 0 fully saturated rings. The topological polar surface area (TPSA) is 107 Å². The molecule has 7 nitrogen and oxygen atoms in total. The highest BCUT2D eigenvalue weighted by Crippen LogP contribution is 2.19. The van der Waals surface area contributed by atoms with Gasteiger partial charge < -0.3 is 15.5 Å². The van der Waals surface area contributed by atoms with Gasteiger partial charge in [-0.1, -0.05) is 62.4 Å². The van der Waals surface area contributed by atoms with Crippen LogP contribution in [0.15, 0.2) is 65.6 Å². The number of benzene rings is 2. The minimum absolute atomic E-state index is 0.145. The van der Waals surface area contributed by atoms with Crippen LogP contribution in [0, 0.1) is 5.92 Å². The molecular weight excluding hydrogens is 404 g/mol. The van der Waals surface area contributed by atoms with Gasteiger partial charge in [0.25, 0.3) is 0 Å². The third kappa shape index (κ3) is 7.12. The Morgan fingerprint density at radius 1 is 1.03 bits per heavy atom. The number of aliphatic hydroxyl groups excluding tert-OH is 1. The van der Waals surface area contributed by atoms with Crippen molar-refractivity contribution >= 4 is 16.1 Å². The summed E-state index contributed by atoms with van der Waals surface area (Å²) < 4.78 is 27.6. The maximum atomic E-state index is 13.2. The summed E-state index contributed by atoms with van der Waals surface area (Å²) in [5, 5.41) is 22.4. The standard InChI is InChI=1S/C22H30N2O5S/c1-17(2)13-14-24(30(28,29)19-11-7-4-8-12-19)16-21(25)20(23-22(26)27)15-18-9-5-3-6-10-18/h3-12,17,20-21,23,25H,13-16H2,1-2H3,(H,26,27)/t20-,21+/m0/s1. The molecule has 2 atom stereocenters. The van der Waals surface area contributed by atoms with Crippen LogP contribution < -0.4 is 5.32 Å². The molecule has 0 heterocycles. The Morgan fingerprint density at radius 2 is 1.60 bits per heavy atom. The average molecular weight is 435 g/mol. The summed E-state index contributed by atoms with van der Waals surface area (Å²) in [5.41, 5.74) is 0.843. The maximum Gasteiger partial charge on any atom is 0.404 e. The number of nitrogens with one attached hydrogen (secondary N) is 1. The molecule has 2 aromatic rings. The number of carboxylic acid groups (broad SMARTS) is 1. The number of hydrogen-bond acceptors (Lipinski definition) is 4. The van der Waals surface area contributed by atoms with Gasteiger partial charge in [-0.15, -0.1) is 0 Å². The Hall–Kier alpha value is -2.42. The molecule has 0 aliphatic carbocycles. The van der Waals surface area contributed by atoms with Gasteiger partial charge in [-0.25, -0.2) is 13.2 Å². The maximum absolute atomic E-state index is 13.2. The van der Waals surface area contributed by atoms with Gasteiger partial charge >= 0.3 is 6.09 Å². The smallest absolute Gasteiger partial charge is 0.404 e. The first-order chi connectivity index (χ1) is 14.2. The summed E-state index contributed by atoms with van der Waals surface area (Å²) in [4.78, 5) is 11.4. The van der Waals surface area contributed by atoms with Crippen molar-refractivity contribution in [1.29, 1.82) is 0 Å². The number of nitrogens with zero attached hydrogens (tertiary/aromatic N) is 1. The number of sulfonamides is 1. The number of aliphatic hydroxyl groups is 1. The van der Waals surface area contributed by atoms with E-state index in [1.807, 2.05) is 44.2 Å². The second kappa shape index (κ2) is 11.1. The molecule has 3 N–H and O–H groups in total. The zero-order valence-corrected chi connectivity index (χ0v) is 18.1. The van der Waals surface area contributed by atoms with Crippen LogP contribution in [0.1, 0.15) is 25.8 Å². The molecule has 8 heteroatoms. The average Bonchev–Trinajstić information content (AvgIpc) is 2.71. The van der Waals surface area contributed by atoms with Crippen molar-refractivity contribution in [3.05, 3.63) is 66.2 Å². The molecule has 0 spiro atoms. The molecule has 2 rings (SSSR count). The third-order valence-corrected chi connectivity index (χ3v) is 6.68. The lowest BCUT2D eigenvalue weighted by Gasteiger charge is -2.29. The third-order valence-electron chi connectivity index (χ3n) is 4.80. The molecule has 30 heavy (non-hydrogen) atoms.